The molecule has 1 aromatic carbocycles. The molecule has 0 spiro atoms. The first-order chi connectivity index (χ1) is 9.22. The lowest BCUT2D eigenvalue weighted by molar-refractivity contribution is -0.146. The Morgan fingerprint density at radius 1 is 1.35 bits per heavy atom. The fourth-order valence-electron chi connectivity index (χ4n) is 1.55. The van der Waals surface area contributed by atoms with E-state index in [9.17, 15) is 9.59 Å². The zero-order valence-corrected chi connectivity index (χ0v) is 12.3. The average Bonchev–Trinajstić information content (AvgIpc) is 2.36. The van der Waals surface area contributed by atoms with E-state index < -0.39 is 17.4 Å². The van der Waals surface area contributed by atoms with Gasteiger partial charge in [-0.3, -0.25) is 4.79 Å². The molecule has 0 aliphatic rings. The third-order valence-electron chi connectivity index (χ3n) is 2.88. The molecule has 1 aromatic rings. The number of benzene rings is 1. The number of carbonyl (C=O) groups excluding carboxylic acids is 1. The first-order valence-electron chi connectivity index (χ1n) is 6.49. The highest BCUT2D eigenvalue weighted by Gasteiger charge is 2.28. The number of carboxylic acid groups (broad SMARTS) is 1. The van der Waals surface area contributed by atoms with Crippen molar-refractivity contribution in [2.75, 3.05) is 6.61 Å². The largest absolute Gasteiger partial charge is 0.484 e. The molecule has 0 saturated heterocycles. The summed E-state index contributed by atoms with van der Waals surface area (Å²) in [6, 6.07) is 7.50. The zero-order chi connectivity index (χ0) is 15.3. The summed E-state index contributed by atoms with van der Waals surface area (Å²) in [4.78, 5) is 22.6. The molecular formula is C15H21NO4. The molecule has 2 N–H and O–H groups in total. The van der Waals surface area contributed by atoms with Crippen molar-refractivity contribution in [3.63, 3.8) is 0 Å². The molecule has 0 fully saturated rings. The molecule has 0 saturated carbocycles. The van der Waals surface area contributed by atoms with Crippen LogP contribution >= 0.6 is 0 Å². The molecule has 0 aliphatic heterocycles. The van der Waals surface area contributed by atoms with Crippen LogP contribution in [0.3, 0.4) is 0 Å². The van der Waals surface area contributed by atoms with Crippen LogP contribution in [-0.4, -0.2) is 29.1 Å². The third kappa shape index (κ3) is 4.57. The van der Waals surface area contributed by atoms with E-state index in [1.165, 1.54) is 13.8 Å². The van der Waals surface area contributed by atoms with Gasteiger partial charge in [-0.1, -0.05) is 26.0 Å². The predicted molar refractivity (Wildman–Crippen MR) is 75.9 cm³/mol. The molecule has 1 amide bonds. The fraction of sp³-hybridized carbons (Fsp3) is 0.467. The lowest BCUT2D eigenvalue weighted by atomic mass is 10.0. The summed E-state index contributed by atoms with van der Waals surface area (Å²) in [5.41, 5.74) is -0.186. The molecule has 20 heavy (non-hydrogen) atoms. The maximum Gasteiger partial charge on any atom is 0.328 e. The molecule has 5 nitrogen and oxygen atoms in total. The summed E-state index contributed by atoms with van der Waals surface area (Å²) in [6.07, 6.45) is 0. The number of hydrogen-bond donors (Lipinski definition) is 2. The number of nitrogens with one attached hydrogen (secondary N) is 1. The molecule has 1 rings (SSSR count). The molecule has 0 heterocycles. The highest BCUT2D eigenvalue weighted by atomic mass is 16.5. The van der Waals surface area contributed by atoms with Gasteiger partial charge >= 0.3 is 5.97 Å². The highest BCUT2D eigenvalue weighted by molar-refractivity contribution is 5.86. The van der Waals surface area contributed by atoms with Crippen molar-refractivity contribution in [3.8, 4) is 5.75 Å². The smallest absolute Gasteiger partial charge is 0.328 e. The Labute approximate surface area is 118 Å². The van der Waals surface area contributed by atoms with Crippen LogP contribution in [-0.2, 0) is 9.59 Å². The predicted octanol–water partition coefficient (Wildman–Crippen LogP) is 2.17. The second-order valence-corrected chi connectivity index (χ2v) is 5.49. The summed E-state index contributed by atoms with van der Waals surface area (Å²) >= 11 is 0. The van der Waals surface area contributed by atoms with Crippen molar-refractivity contribution in [2.45, 2.75) is 39.2 Å². The number of carboxylic acids is 1. The third-order valence-corrected chi connectivity index (χ3v) is 2.88. The topological polar surface area (TPSA) is 75.6 Å². The van der Waals surface area contributed by atoms with E-state index in [1.54, 1.807) is 6.07 Å². The van der Waals surface area contributed by atoms with E-state index in [1.807, 2.05) is 18.2 Å². The van der Waals surface area contributed by atoms with Gasteiger partial charge in [-0.05, 0) is 37.5 Å². The van der Waals surface area contributed by atoms with E-state index >= 15 is 0 Å². The summed E-state index contributed by atoms with van der Waals surface area (Å²) in [5, 5.41) is 11.3. The highest BCUT2D eigenvalue weighted by Crippen LogP contribution is 2.20. The lowest BCUT2D eigenvalue weighted by Crippen LogP contribution is -2.51. The van der Waals surface area contributed by atoms with Crippen LogP contribution in [0.4, 0.5) is 0 Å². The quantitative estimate of drug-likeness (QED) is 0.836. The van der Waals surface area contributed by atoms with Gasteiger partial charge in [0.1, 0.15) is 11.3 Å². The van der Waals surface area contributed by atoms with Gasteiger partial charge in [-0.15, -0.1) is 0 Å². The van der Waals surface area contributed by atoms with Crippen molar-refractivity contribution in [2.24, 2.45) is 0 Å². The van der Waals surface area contributed by atoms with E-state index in [2.05, 4.69) is 19.2 Å². The Kier molecular flexibility index (Phi) is 5.13. The molecule has 0 bridgehead atoms. The van der Waals surface area contributed by atoms with Gasteiger partial charge in [0.2, 0.25) is 0 Å². The standard InChI is InChI=1S/C15H21NO4/c1-10(2)11-6-5-7-12(8-11)20-9-13(17)16-15(3,4)14(18)19/h5-8,10H,9H2,1-4H3,(H,16,17)(H,18,19). The van der Waals surface area contributed by atoms with Crippen molar-refractivity contribution in [1.82, 2.24) is 5.32 Å². The molecule has 5 heteroatoms. The average molecular weight is 279 g/mol. The van der Waals surface area contributed by atoms with Crippen LogP contribution in [0.25, 0.3) is 0 Å². The molecule has 0 atom stereocenters. The van der Waals surface area contributed by atoms with Gasteiger partial charge in [-0.25, -0.2) is 4.79 Å². The van der Waals surface area contributed by atoms with Gasteiger partial charge in [0.25, 0.3) is 5.91 Å². The Bertz CT molecular complexity index is 494. The fourth-order valence-corrected chi connectivity index (χ4v) is 1.55. The number of aliphatic carboxylic acids is 1. The van der Waals surface area contributed by atoms with E-state index in [0.717, 1.165) is 5.56 Å². The van der Waals surface area contributed by atoms with Crippen molar-refractivity contribution in [1.29, 1.82) is 0 Å². The number of amides is 1. The number of hydrogen-bond acceptors (Lipinski definition) is 3. The van der Waals surface area contributed by atoms with E-state index in [4.69, 9.17) is 9.84 Å². The van der Waals surface area contributed by atoms with Crippen LogP contribution in [0.1, 0.15) is 39.2 Å². The van der Waals surface area contributed by atoms with Gasteiger partial charge in [-0.2, -0.15) is 0 Å². The Morgan fingerprint density at radius 2 is 2.00 bits per heavy atom. The first-order valence-corrected chi connectivity index (χ1v) is 6.49. The SMILES string of the molecule is CC(C)c1cccc(OCC(=O)NC(C)(C)C(=O)O)c1. The maximum atomic E-state index is 11.7. The molecule has 0 aliphatic carbocycles. The Hall–Kier alpha value is -2.04. The van der Waals surface area contributed by atoms with Crippen LogP contribution in [0.15, 0.2) is 24.3 Å². The van der Waals surface area contributed by atoms with Crippen molar-refractivity contribution < 1.29 is 19.4 Å². The van der Waals surface area contributed by atoms with Crippen LogP contribution < -0.4 is 10.1 Å². The molecule has 0 unspecified atom stereocenters. The van der Waals surface area contributed by atoms with Crippen molar-refractivity contribution >= 4 is 11.9 Å². The minimum atomic E-state index is -1.31. The number of ether oxygens (including phenoxy) is 1. The number of carbonyl (C=O) groups is 2. The normalized spacial score (nSPS) is 11.2. The monoisotopic (exact) mass is 279 g/mol. The first kappa shape index (κ1) is 16.0. The van der Waals surface area contributed by atoms with Gasteiger partial charge in [0.15, 0.2) is 6.61 Å². The summed E-state index contributed by atoms with van der Waals surface area (Å²) in [7, 11) is 0. The summed E-state index contributed by atoms with van der Waals surface area (Å²) < 4.78 is 5.38. The summed E-state index contributed by atoms with van der Waals surface area (Å²) in [5.74, 6) is -0.585. The van der Waals surface area contributed by atoms with Crippen molar-refractivity contribution in [3.05, 3.63) is 29.8 Å². The Balaban J connectivity index is 2.57. The second-order valence-electron chi connectivity index (χ2n) is 5.49. The lowest BCUT2D eigenvalue weighted by Gasteiger charge is -2.21. The zero-order valence-electron chi connectivity index (χ0n) is 12.3. The minimum Gasteiger partial charge on any atom is -0.484 e. The Morgan fingerprint density at radius 3 is 2.55 bits per heavy atom. The molecule has 0 radical (unpaired) electrons. The van der Waals surface area contributed by atoms with Gasteiger partial charge < -0.3 is 15.2 Å². The summed E-state index contributed by atoms with van der Waals surface area (Å²) in [6.45, 7) is 6.78. The molecule has 110 valence electrons. The van der Waals surface area contributed by atoms with E-state index in [0.29, 0.717) is 11.7 Å². The van der Waals surface area contributed by atoms with Crippen LogP contribution in [0, 0.1) is 0 Å². The maximum absolute atomic E-state index is 11.7. The second kappa shape index (κ2) is 6.41. The van der Waals surface area contributed by atoms with E-state index in [-0.39, 0.29) is 6.61 Å². The van der Waals surface area contributed by atoms with Gasteiger partial charge in [0.05, 0.1) is 0 Å². The molecule has 0 aromatic heterocycles. The van der Waals surface area contributed by atoms with Gasteiger partial charge in [0, 0.05) is 0 Å². The minimum absolute atomic E-state index is 0.210. The van der Waals surface area contributed by atoms with Crippen LogP contribution in [0.5, 0.6) is 5.75 Å². The molecular weight excluding hydrogens is 258 g/mol. The number of rotatable bonds is 6. The van der Waals surface area contributed by atoms with Crippen LogP contribution in [0.2, 0.25) is 0 Å².